The quantitative estimate of drug-likeness (QED) is 0.323. The molecule has 0 aromatic heterocycles. The van der Waals surface area contributed by atoms with Crippen molar-refractivity contribution in [3.8, 4) is 0 Å². The molecule has 0 saturated carbocycles. The highest BCUT2D eigenvalue weighted by Crippen LogP contribution is 1.86. The molecule has 50 valence electrons. The summed E-state index contributed by atoms with van der Waals surface area (Å²) < 4.78 is 0. The summed E-state index contributed by atoms with van der Waals surface area (Å²) >= 11 is 0. The number of rotatable bonds is 5. The molecule has 0 unspecified atom stereocenters. The average Bonchev–Trinajstić information content (AvgIpc) is 1.81. The standard InChI is InChI=1S/C5H12O3/c1-7-8-5-3-2-4-6/h6H,2-5H2,1H3. The van der Waals surface area contributed by atoms with E-state index in [0.717, 1.165) is 12.8 Å². The lowest BCUT2D eigenvalue weighted by molar-refractivity contribution is -0.272. The molecule has 0 aromatic rings. The van der Waals surface area contributed by atoms with Gasteiger partial charge in [-0.15, -0.1) is 0 Å². The Bertz CT molecular complexity index is 32.7. The topological polar surface area (TPSA) is 38.7 Å². The molecule has 0 saturated heterocycles. The van der Waals surface area contributed by atoms with Crippen LogP contribution in [0.25, 0.3) is 0 Å². The summed E-state index contributed by atoms with van der Waals surface area (Å²) in [6.45, 7) is 0.796. The van der Waals surface area contributed by atoms with E-state index < -0.39 is 0 Å². The van der Waals surface area contributed by atoms with Crippen LogP contribution in [0.4, 0.5) is 0 Å². The zero-order chi connectivity index (χ0) is 6.24. The van der Waals surface area contributed by atoms with Crippen LogP contribution in [0.1, 0.15) is 12.8 Å². The lowest BCUT2D eigenvalue weighted by Gasteiger charge is -1.95. The van der Waals surface area contributed by atoms with Gasteiger partial charge in [-0.25, -0.2) is 9.78 Å². The zero-order valence-electron chi connectivity index (χ0n) is 5.09. The smallest absolute Gasteiger partial charge is 0.0823 e. The van der Waals surface area contributed by atoms with E-state index in [0.29, 0.717) is 6.61 Å². The summed E-state index contributed by atoms with van der Waals surface area (Å²) in [5, 5.41) is 8.27. The van der Waals surface area contributed by atoms with Crippen LogP contribution in [0.15, 0.2) is 0 Å². The summed E-state index contributed by atoms with van der Waals surface area (Å²) in [4.78, 5) is 8.83. The van der Waals surface area contributed by atoms with Crippen LogP contribution in [-0.2, 0) is 9.78 Å². The van der Waals surface area contributed by atoms with Crippen molar-refractivity contribution in [2.75, 3.05) is 20.3 Å². The summed E-state index contributed by atoms with van der Waals surface area (Å²) in [6.07, 6.45) is 1.63. The summed E-state index contributed by atoms with van der Waals surface area (Å²) in [7, 11) is 1.47. The van der Waals surface area contributed by atoms with Crippen molar-refractivity contribution in [3.63, 3.8) is 0 Å². The Morgan fingerprint density at radius 3 is 2.62 bits per heavy atom. The van der Waals surface area contributed by atoms with Gasteiger partial charge in [-0.2, -0.15) is 0 Å². The molecule has 3 nitrogen and oxygen atoms in total. The Morgan fingerprint density at radius 2 is 2.12 bits per heavy atom. The number of hydrogen-bond donors (Lipinski definition) is 1. The van der Waals surface area contributed by atoms with E-state index in [1.54, 1.807) is 0 Å². The molecule has 0 aliphatic rings. The van der Waals surface area contributed by atoms with Crippen molar-refractivity contribution >= 4 is 0 Å². The van der Waals surface area contributed by atoms with E-state index in [4.69, 9.17) is 5.11 Å². The molecule has 0 fully saturated rings. The fourth-order valence-corrected chi connectivity index (χ4v) is 0.356. The SMILES string of the molecule is COOCCCCO. The Kier molecular flexibility index (Phi) is 6.78. The summed E-state index contributed by atoms with van der Waals surface area (Å²) in [5.41, 5.74) is 0. The first-order valence-corrected chi connectivity index (χ1v) is 2.68. The average molecular weight is 120 g/mol. The first-order chi connectivity index (χ1) is 3.91. The fourth-order valence-electron chi connectivity index (χ4n) is 0.356. The Balaban J connectivity index is 2.53. The fraction of sp³-hybridized carbons (Fsp3) is 1.00. The minimum atomic E-state index is 0.229. The predicted molar refractivity (Wildman–Crippen MR) is 29.3 cm³/mol. The van der Waals surface area contributed by atoms with Crippen LogP contribution in [0, 0.1) is 0 Å². The first kappa shape index (κ1) is 7.88. The van der Waals surface area contributed by atoms with Gasteiger partial charge >= 0.3 is 0 Å². The van der Waals surface area contributed by atoms with Gasteiger partial charge in [0.2, 0.25) is 0 Å². The van der Waals surface area contributed by atoms with Gasteiger partial charge in [0.05, 0.1) is 13.7 Å². The largest absolute Gasteiger partial charge is 0.396 e. The van der Waals surface area contributed by atoms with Crippen molar-refractivity contribution in [3.05, 3.63) is 0 Å². The van der Waals surface area contributed by atoms with Gasteiger partial charge in [0.25, 0.3) is 0 Å². The molecule has 3 heteroatoms. The van der Waals surface area contributed by atoms with E-state index >= 15 is 0 Å². The molecule has 0 spiro atoms. The second kappa shape index (κ2) is 6.88. The van der Waals surface area contributed by atoms with E-state index in [1.165, 1.54) is 7.11 Å². The van der Waals surface area contributed by atoms with Crippen LogP contribution in [-0.4, -0.2) is 25.4 Å². The highest BCUT2D eigenvalue weighted by atomic mass is 17.2. The van der Waals surface area contributed by atoms with E-state index in [1.807, 2.05) is 0 Å². The van der Waals surface area contributed by atoms with Gasteiger partial charge in [0.15, 0.2) is 0 Å². The lowest BCUT2D eigenvalue weighted by atomic mass is 10.3. The monoisotopic (exact) mass is 120 g/mol. The molecule has 8 heavy (non-hydrogen) atoms. The first-order valence-electron chi connectivity index (χ1n) is 2.68. The van der Waals surface area contributed by atoms with Crippen molar-refractivity contribution in [2.45, 2.75) is 12.8 Å². The van der Waals surface area contributed by atoms with E-state index in [2.05, 4.69) is 9.78 Å². The second-order valence-electron chi connectivity index (χ2n) is 1.42. The molecular weight excluding hydrogens is 108 g/mol. The highest BCUT2D eigenvalue weighted by molar-refractivity contribution is 4.31. The molecule has 0 heterocycles. The van der Waals surface area contributed by atoms with Crippen LogP contribution in [0.2, 0.25) is 0 Å². The lowest BCUT2D eigenvalue weighted by Crippen LogP contribution is -1.93. The Hall–Kier alpha value is -0.120. The maximum atomic E-state index is 8.27. The number of aliphatic hydroxyl groups excluding tert-OH is 1. The maximum Gasteiger partial charge on any atom is 0.0823 e. The number of aliphatic hydroxyl groups is 1. The minimum absolute atomic E-state index is 0.229. The molecule has 1 N–H and O–H groups in total. The molecule has 0 amide bonds. The maximum absolute atomic E-state index is 8.27. The minimum Gasteiger partial charge on any atom is -0.396 e. The van der Waals surface area contributed by atoms with Crippen molar-refractivity contribution < 1.29 is 14.9 Å². The molecule has 0 bridgehead atoms. The molecule has 0 aliphatic carbocycles. The van der Waals surface area contributed by atoms with Crippen molar-refractivity contribution in [1.29, 1.82) is 0 Å². The third-order valence-electron chi connectivity index (χ3n) is 0.754. The number of hydrogen-bond acceptors (Lipinski definition) is 3. The summed E-state index contributed by atoms with van der Waals surface area (Å²) in [5.74, 6) is 0. The molecule has 0 atom stereocenters. The van der Waals surface area contributed by atoms with Gasteiger partial charge in [-0.3, -0.25) is 0 Å². The second-order valence-corrected chi connectivity index (χ2v) is 1.42. The van der Waals surface area contributed by atoms with E-state index in [9.17, 15) is 0 Å². The third-order valence-corrected chi connectivity index (χ3v) is 0.754. The third kappa shape index (κ3) is 5.88. The Labute approximate surface area is 49.1 Å². The van der Waals surface area contributed by atoms with Crippen molar-refractivity contribution in [1.82, 2.24) is 0 Å². The normalized spacial score (nSPS) is 9.75. The van der Waals surface area contributed by atoms with Crippen LogP contribution >= 0.6 is 0 Å². The molecule has 0 radical (unpaired) electrons. The van der Waals surface area contributed by atoms with Gasteiger partial charge in [0.1, 0.15) is 0 Å². The highest BCUT2D eigenvalue weighted by Gasteiger charge is 1.84. The predicted octanol–water partition coefficient (Wildman–Crippen LogP) is 0.337. The van der Waals surface area contributed by atoms with Gasteiger partial charge in [0, 0.05) is 6.61 Å². The van der Waals surface area contributed by atoms with E-state index in [-0.39, 0.29) is 6.61 Å². The number of unbranched alkanes of at least 4 members (excludes halogenated alkanes) is 1. The Morgan fingerprint density at radius 1 is 1.38 bits per heavy atom. The van der Waals surface area contributed by atoms with Crippen LogP contribution < -0.4 is 0 Å². The van der Waals surface area contributed by atoms with Gasteiger partial charge < -0.3 is 5.11 Å². The molecular formula is C5H12O3. The molecule has 0 aromatic carbocycles. The zero-order valence-corrected chi connectivity index (χ0v) is 5.09. The van der Waals surface area contributed by atoms with Crippen molar-refractivity contribution in [2.24, 2.45) is 0 Å². The van der Waals surface area contributed by atoms with Gasteiger partial charge in [-0.1, -0.05) is 0 Å². The van der Waals surface area contributed by atoms with Crippen LogP contribution in [0.5, 0.6) is 0 Å². The van der Waals surface area contributed by atoms with Gasteiger partial charge in [-0.05, 0) is 12.8 Å². The molecule has 0 aliphatic heterocycles. The summed E-state index contributed by atoms with van der Waals surface area (Å²) in [6, 6.07) is 0. The molecule has 0 rings (SSSR count). The van der Waals surface area contributed by atoms with Crippen LogP contribution in [0.3, 0.4) is 0 Å².